The fourth-order valence-electron chi connectivity index (χ4n) is 2.02. The van der Waals surface area contributed by atoms with Crippen LogP contribution in [0.5, 0.6) is 5.75 Å². The molecule has 2 rings (SSSR count). The smallest absolute Gasteiger partial charge is 0.337 e. The normalized spacial score (nSPS) is 10.2. The minimum Gasteiger partial charge on any atom is -0.497 e. The van der Waals surface area contributed by atoms with E-state index >= 15 is 0 Å². The highest BCUT2D eigenvalue weighted by Crippen LogP contribution is 2.22. The maximum absolute atomic E-state index is 13.5. The van der Waals surface area contributed by atoms with Crippen molar-refractivity contribution in [2.75, 3.05) is 19.0 Å². The van der Waals surface area contributed by atoms with Crippen molar-refractivity contribution in [1.29, 1.82) is 0 Å². The average molecular weight is 289 g/mol. The molecule has 0 aromatic heterocycles. The number of hydrogen-bond acceptors (Lipinski definition) is 3. The molecule has 0 radical (unpaired) electrons. The highest BCUT2D eigenvalue weighted by atomic mass is 19.1. The molecule has 0 aliphatic carbocycles. The van der Waals surface area contributed by atoms with Crippen molar-refractivity contribution in [1.82, 2.24) is 0 Å². The van der Waals surface area contributed by atoms with Gasteiger partial charge in [0.2, 0.25) is 0 Å². The largest absolute Gasteiger partial charge is 0.497 e. The zero-order valence-electron chi connectivity index (χ0n) is 11.6. The summed E-state index contributed by atoms with van der Waals surface area (Å²) < 4.78 is 18.6. The number of carboxylic acid groups (broad SMARTS) is 1. The summed E-state index contributed by atoms with van der Waals surface area (Å²) in [6, 6.07) is 11.2. The van der Waals surface area contributed by atoms with Gasteiger partial charge in [0, 0.05) is 12.6 Å². The lowest BCUT2D eigenvalue weighted by Crippen LogP contribution is -2.10. The van der Waals surface area contributed by atoms with Crippen molar-refractivity contribution in [3.05, 3.63) is 59.4 Å². The summed E-state index contributed by atoms with van der Waals surface area (Å²) in [6.45, 7) is 0.425. The first-order chi connectivity index (χ1) is 10.1. The summed E-state index contributed by atoms with van der Waals surface area (Å²) in [6.07, 6.45) is 0.461. The van der Waals surface area contributed by atoms with Crippen LogP contribution in [0.4, 0.5) is 10.1 Å². The molecule has 0 fully saturated rings. The lowest BCUT2D eigenvalue weighted by molar-refractivity contribution is 0.0698. The highest BCUT2D eigenvalue weighted by Gasteiger charge is 2.11. The predicted octanol–water partition coefficient (Wildman–Crippen LogP) is 3.19. The molecule has 0 aliphatic rings. The van der Waals surface area contributed by atoms with Gasteiger partial charge in [0.05, 0.1) is 18.4 Å². The summed E-state index contributed by atoms with van der Waals surface area (Å²) in [4.78, 5) is 11.2. The topological polar surface area (TPSA) is 58.6 Å². The number of ether oxygens (including phenoxy) is 1. The number of carbonyl (C=O) groups is 1. The van der Waals surface area contributed by atoms with Crippen molar-refractivity contribution in [2.24, 2.45) is 0 Å². The van der Waals surface area contributed by atoms with E-state index in [4.69, 9.17) is 9.84 Å². The zero-order valence-corrected chi connectivity index (χ0v) is 11.6. The summed E-state index contributed by atoms with van der Waals surface area (Å²) in [5, 5.41) is 12.2. The number of aromatic carboxylic acids is 1. The molecule has 21 heavy (non-hydrogen) atoms. The van der Waals surface area contributed by atoms with Crippen LogP contribution >= 0.6 is 0 Å². The Labute approximate surface area is 122 Å². The second-order valence-corrected chi connectivity index (χ2v) is 4.48. The summed E-state index contributed by atoms with van der Waals surface area (Å²) in [5.41, 5.74) is 1.20. The molecule has 110 valence electrons. The first-order valence-corrected chi connectivity index (χ1v) is 6.50. The third-order valence-corrected chi connectivity index (χ3v) is 3.12. The molecule has 4 nitrogen and oxygen atoms in total. The Balaban J connectivity index is 2.08. The second kappa shape index (κ2) is 6.74. The van der Waals surface area contributed by atoms with Gasteiger partial charge < -0.3 is 15.2 Å². The van der Waals surface area contributed by atoms with E-state index < -0.39 is 5.97 Å². The summed E-state index contributed by atoms with van der Waals surface area (Å²) in [5.74, 6) is -0.720. The third-order valence-electron chi connectivity index (χ3n) is 3.12. The fourth-order valence-corrected chi connectivity index (χ4v) is 2.02. The van der Waals surface area contributed by atoms with Crippen LogP contribution in [0.2, 0.25) is 0 Å². The van der Waals surface area contributed by atoms with Gasteiger partial charge in [-0.25, -0.2) is 9.18 Å². The van der Waals surface area contributed by atoms with Gasteiger partial charge in [-0.2, -0.15) is 0 Å². The van der Waals surface area contributed by atoms with E-state index in [1.807, 2.05) is 0 Å². The molecule has 0 atom stereocenters. The second-order valence-electron chi connectivity index (χ2n) is 4.48. The first-order valence-electron chi connectivity index (χ1n) is 6.50. The van der Waals surface area contributed by atoms with E-state index in [-0.39, 0.29) is 11.4 Å². The lowest BCUT2D eigenvalue weighted by atomic mass is 10.1. The number of nitrogens with one attached hydrogen (secondary N) is 1. The van der Waals surface area contributed by atoms with Crippen molar-refractivity contribution in [2.45, 2.75) is 6.42 Å². The molecule has 0 spiro atoms. The van der Waals surface area contributed by atoms with E-state index in [1.165, 1.54) is 19.2 Å². The van der Waals surface area contributed by atoms with Crippen LogP contribution in [0.1, 0.15) is 15.9 Å². The fraction of sp³-hybridized carbons (Fsp3) is 0.188. The van der Waals surface area contributed by atoms with Crippen molar-refractivity contribution in [3.63, 3.8) is 0 Å². The lowest BCUT2D eigenvalue weighted by Gasteiger charge is -2.11. The molecule has 0 aliphatic heterocycles. The molecule has 0 amide bonds. The molecule has 0 heterocycles. The number of methoxy groups -OCH3 is 1. The number of anilines is 1. The monoisotopic (exact) mass is 289 g/mol. The molecular weight excluding hydrogens is 273 g/mol. The van der Waals surface area contributed by atoms with Gasteiger partial charge in [-0.15, -0.1) is 0 Å². The molecule has 0 saturated carbocycles. The molecule has 2 aromatic carbocycles. The van der Waals surface area contributed by atoms with Gasteiger partial charge >= 0.3 is 5.97 Å². The molecule has 2 N–H and O–H groups in total. The third kappa shape index (κ3) is 3.72. The van der Waals surface area contributed by atoms with Gasteiger partial charge in [-0.3, -0.25) is 0 Å². The molecular formula is C16H16FNO3. The number of benzene rings is 2. The quantitative estimate of drug-likeness (QED) is 0.857. The van der Waals surface area contributed by atoms with E-state index in [9.17, 15) is 9.18 Å². The van der Waals surface area contributed by atoms with Crippen LogP contribution in [0.15, 0.2) is 42.5 Å². The number of hydrogen-bond donors (Lipinski definition) is 2. The maximum atomic E-state index is 13.5. The van der Waals surface area contributed by atoms with Gasteiger partial charge in [-0.05, 0) is 30.2 Å². The van der Waals surface area contributed by atoms with Crippen LogP contribution in [0.3, 0.4) is 0 Å². The maximum Gasteiger partial charge on any atom is 0.337 e. The molecule has 2 aromatic rings. The Morgan fingerprint density at radius 1 is 1.29 bits per heavy atom. The molecule has 0 unspecified atom stereocenters. The SMILES string of the molecule is COc1ccc(C(=O)O)c(NCCc2ccccc2F)c1. The van der Waals surface area contributed by atoms with E-state index in [0.29, 0.717) is 30.0 Å². The standard InChI is InChI=1S/C16H16FNO3/c1-21-12-6-7-13(16(19)20)15(10-12)18-9-8-11-4-2-3-5-14(11)17/h2-7,10,18H,8-9H2,1H3,(H,19,20). The van der Waals surface area contributed by atoms with Crippen molar-refractivity contribution >= 4 is 11.7 Å². The van der Waals surface area contributed by atoms with Gasteiger partial charge in [0.1, 0.15) is 11.6 Å². The number of rotatable bonds is 6. The molecule has 0 saturated heterocycles. The number of halogens is 1. The van der Waals surface area contributed by atoms with E-state index in [0.717, 1.165) is 0 Å². The van der Waals surface area contributed by atoms with Crippen LogP contribution in [0.25, 0.3) is 0 Å². The average Bonchev–Trinajstić information content (AvgIpc) is 2.48. The van der Waals surface area contributed by atoms with Crippen molar-refractivity contribution in [3.8, 4) is 5.75 Å². The Morgan fingerprint density at radius 2 is 2.05 bits per heavy atom. The minimum absolute atomic E-state index is 0.157. The summed E-state index contributed by atoms with van der Waals surface area (Å²) >= 11 is 0. The van der Waals surface area contributed by atoms with Gasteiger partial charge in [0.15, 0.2) is 0 Å². The minimum atomic E-state index is -1.02. The summed E-state index contributed by atoms with van der Waals surface area (Å²) in [7, 11) is 1.51. The van der Waals surface area contributed by atoms with E-state index in [2.05, 4.69) is 5.32 Å². The first kappa shape index (κ1) is 14.8. The number of carboxylic acids is 1. The van der Waals surface area contributed by atoms with Crippen LogP contribution in [0, 0.1) is 5.82 Å². The zero-order chi connectivity index (χ0) is 15.2. The van der Waals surface area contributed by atoms with Crippen molar-refractivity contribution < 1.29 is 19.0 Å². The Morgan fingerprint density at radius 3 is 2.71 bits per heavy atom. The van der Waals surface area contributed by atoms with Gasteiger partial charge in [0.25, 0.3) is 0 Å². The van der Waals surface area contributed by atoms with Crippen LogP contribution in [-0.4, -0.2) is 24.7 Å². The Kier molecular flexibility index (Phi) is 4.77. The van der Waals surface area contributed by atoms with E-state index in [1.54, 1.807) is 30.3 Å². The van der Waals surface area contributed by atoms with Crippen LogP contribution in [-0.2, 0) is 6.42 Å². The predicted molar refractivity (Wildman–Crippen MR) is 78.5 cm³/mol. The van der Waals surface area contributed by atoms with Gasteiger partial charge in [-0.1, -0.05) is 18.2 Å². The molecule has 5 heteroatoms. The molecule has 0 bridgehead atoms. The van der Waals surface area contributed by atoms with Crippen LogP contribution < -0.4 is 10.1 Å². The highest BCUT2D eigenvalue weighted by molar-refractivity contribution is 5.94. The Bertz CT molecular complexity index is 643. The Hall–Kier alpha value is -2.56.